The van der Waals surface area contributed by atoms with Gasteiger partial charge in [0, 0.05) is 45.4 Å². The molecule has 0 spiro atoms. The normalized spacial score (nSPS) is 17.7. The summed E-state index contributed by atoms with van der Waals surface area (Å²) in [5.74, 6) is 0.759. The van der Waals surface area contributed by atoms with Crippen LogP contribution in [0.3, 0.4) is 0 Å². The summed E-state index contributed by atoms with van der Waals surface area (Å²) in [7, 11) is 1.63. The molecule has 1 aliphatic rings. The molecule has 1 saturated heterocycles. The van der Waals surface area contributed by atoms with Gasteiger partial charge < -0.3 is 24.2 Å². The van der Waals surface area contributed by atoms with Crippen molar-refractivity contribution in [3.63, 3.8) is 0 Å². The summed E-state index contributed by atoms with van der Waals surface area (Å²) < 4.78 is 16.9. The zero-order valence-electron chi connectivity index (χ0n) is 19.0. The number of benzene rings is 2. The van der Waals surface area contributed by atoms with E-state index in [0.29, 0.717) is 45.0 Å². The third kappa shape index (κ3) is 7.31. The summed E-state index contributed by atoms with van der Waals surface area (Å²) >= 11 is 0. The second-order valence-electron chi connectivity index (χ2n) is 8.09. The molecule has 2 aromatic rings. The molecule has 1 N–H and O–H groups in total. The van der Waals surface area contributed by atoms with Crippen molar-refractivity contribution in [3.8, 4) is 5.75 Å². The molecular weight excluding hydrogens is 408 g/mol. The van der Waals surface area contributed by atoms with Gasteiger partial charge in [0.1, 0.15) is 18.5 Å². The Bertz CT molecular complexity index is 832. The van der Waals surface area contributed by atoms with Gasteiger partial charge in [-0.25, -0.2) is 0 Å². The fraction of sp³-hybridized carbons (Fsp3) is 0.480. The number of aryl methyl sites for hydroxylation is 1. The molecule has 1 amide bonds. The second kappa shape index (κ2) is 12.6. The molecule has 0 saturated carbocycles. The lowest BCUT2D eigenvalue weighted by Gasteiger charge is -2.36. The standard InChI is InChI=1S/C25H34N2O5/c1-20-8-6-7-11-24(20)32-19-22(28)16-26-12-15-31-23(17-26)18-27(13-14-30-2)25(29)21-9-4-3-5-10-21/h3-11,22-23,28H,12-19H2,1-2H3. The first-order chi connectivity index (χ1) is 15.6. The molecule has 1 aliphatic heterocycles. The first kappa shape index (κ1) is 24.2. The number of rotatable bonds is 11. The minimum absolute atomic E-state index is 0.0324. The number of aliphatic hydroxyl groups excluding tert-OH is 1. The zero-order chi connectivity index (χ0) is 22.8. The van der Waals surface area contributed by atoms with Crippen molar-refractivity contribution in [2.45, 2.75) is 19.1 Å². The lowest BCUT2D eigenvalue weighted by Crippen LogP contribution is -2.51. The number of morpholine rings is 1. The third-order valence-electron chi connectivity index (χ3n) is 5.51. The summed E-state index contributed by atoms with van der Waals surface area (Å²) in [5.41, 5.74) is 1.70. The Hall–Kier alpha value is -2.45. The molecule has 174 valence electrons. The third-order valence-corrected chi connectivity index (χ3v) is 5.51. The van der Waals surface area contributed by atoms with E-state index in [1.807, 2.05) is 61.5 Å². The van der Waals surface area contributed by atoms with Crippen molar-refractivity contribution in [1.29, 1.82) is 0 Å². The van der Waals surface area contributed by atoms with Crippen molar-refractivity contribution in [2.24, 2.45) is 0 Å². The molecule has 32 heavy (non-hydrogen) atoms. The second-order valence-corrected chi connectivity index (χ2v) is 8.09. The summed E-state index contributed by atoms with van der Waals surface area (Å²) in [5, 5.41) is 10.5. The molecule has 2 unspecified atom stereocenters. The molecule has 7 nitrogen and oxygen atoms in total. The first-order valence-electron chi connectivity index (χ1n) is 11.1. The number of ether oxygens (including phenoxy) is 3. The molecule has 0 aromatic heterocycles. The number of hydrogen-bond acceptors (Lipinski definition) is 6. The Kier molecular flexibility index (Phi) is 9.49. The Morgan fingerprint density at radius 3 is 2.72 bits per heavy atom. The van der Waals surface area contributed by atoms with E-state index < -0.39 is 6.10 Å². The van der Waals surface area contributed by atoms with E-state index in [2.05, 4.69) is 4.90 Å². The summed E-state index contributed by atoms with van der Waals surface area (Å²) in [6.45, 7) is 6.10. The topological polar surface area (TPSA) is 71.5 Å². The van der Waals surface area contributed by atoms with E-state index in [-0.39, 0.29) is 18.6 Å². The van der Waals surface area contributed by atoms with Crippen LogP contribution in [0.2, 0.25) is 0 Å². The highest BCUT2D eigenvalue weighted by Crippen LogP contribution is 2.17. The van der Waals surface area contributed by atoms with E-state index in [1.165, 1.54) is 0 Å². The molecule has 2 atom stereocenters. The number of β-amino-alcohol motifs (C(OH)–C–C–N with tert-alkyl or cyclic N) is 1. The highest BCUT2D eigenvalue weighted by Gasteiger charge is 2.26. The van der Waals surface area contributed by atoms with Gasteiger partial charge in [0.05, 0.1) is 19.3 Å². The number of nitrogens with zero attached hydrogens (tertiary/aromatic N) is 2. The lowest BCUT2D eigenvalue weighted by atomic mass is 10.1. The SMILES string of the molecule is COCCN(CC1CN(CC(O)COc2ccccc2C)CCO1)C(=O)c1ccccc1. The minimum atomic E-state index is -0.607. The van der Waals surface area contributed by atoms with Gasteiger partial charge in [0.15, 0.2) is 0 Å². The average Bonchev–Trinajstić information content (AvgIpc) is 2.81. The van der Waals surface area contributed by atoms with Crippen LogP contribution < -0.4 is 4.74 Å². The van der Waals surface area contributed by atoms with Gasteiger partial charge in [0.2, 0.25) is 0 Å². The number of aliphatic hydroxyl groups is 1. The van der Waals surface area contributed by atoms with Crippen LogP contribution in [-0.4, -0.2) is 92.7 Å². The number of methoxy groups -OCH3 is 1. The number of carbonyl (C=O) groups is 1. The fourth-order valence-electron chi connectivity index (χ4n) is 3.80. The molecule has 0 aliphatic carbocycles. The van der Waals surface area contributed by atoms with Crippen molar-refractivity contribution in [3.05, 3.63) is 65.7 Å². The van der Waals surface area contributed by atoms with Crippen LogP contribution in [-0.2, 0) is 9.47 Å². The van der Waals surface area contributed by atoms with Gasteiger partial charge in [-0.05, 0) is 30.7 Å². The fourth-order valence-corrected chi connectivity index (χ4v) is 3.80. The molecule has 1 heterocycles. The lowest BCUT2D eigenvalue weighted by molar-refractivity contribution is -0.0546. The summed E-state index contributed by atoms with van der Waals surface area (Å²) in [6, 6.07) is 17.0. The van der Waals surface area contributed by atoms with Gasteiger partial charge in [-0.1, -0.05) is 36.4 Å². The van der Waals surface area contributed by atoms with E-state index in [4.69, 9.17) is 14.2 Å². The Balaban J connectivity index is 1.51. The minimum Gasteiger partial charge on any atom is -0.491 e. The predicted molar refractivity (Wildman–Crippen MR) is 123 cm³/mol. The predicted octanol–water partition coefficient (Wildman–Crippen LogP) is 2.22. The monoisotopic (exact) mass is 442 g/mol. The number of amides is 1. The van der Waals surface area contributed by atoms with E-state index in [1.54, 1.807) is 12.0 Å². The van der Waals surface area contributed by atoms with Gasteiger partial charge >= 0.3 is 0 Å². The van der Waals surface area contributed by atoms with Crippen molar-refractivity contribution >= 4 is 5.91 Å². The molecule has 3 rings (SSSR count). The summed E-state index contributed by atoms with van der Waals surface area (Å²) in [6.07, 6.45) is -0.735. The summed E-state index contributed by atoms with van der Waals surface area (Å²) in [4.78, 5) is 16.9. The van der Waals surface area contributed by atoms with E-state index >= 15 is 0 Å². The van der Waals surface area contributed by atoms with E-state index in [9.17, 15) is 9.90 Å². The number of carbonyl (C=O) groups excluding carboxylic acids is 1. The zero-order valence-corrected chi connectivity index (χ0v) is 19.0. The molecule has 0 bridgehead atoms. The van der Waals surface area contributed by atoms with Gasteiger partial charge in [-0.2, -0.15) is 0 Å². The Labute approximate surface area is 190 Å². The van der Waals surface area contributed by atoms with Crippen LogP contribution in [0.5, 0.6) is 5.75 Å². The molecule has 1 fully saturated rings. The quantitative estimate of drug-likeness (QED) is 0.576. The van der Waals surface area contributed by atoms with Gasteiger partial charge in [0.25, 0.3) is 5.91 Å². The maximum Gasteiger partial charge on any atom is 0.254 e. The highest BCUT2D eigenvalue weighted by molar-refractivity contribution is 5.94. The first-order valence-corrected chi connectivity index (χ1v) is 11.1. The Morgan fingerprint density at radius 2 is 1.97 bits per heavy atom. The average molecular weight is 443 g/mol. The molecule has 7 heteroatoms. The van der Waals surface area contributed by atoms with Gasteiger partial charge in [-0.15, -0.1) is 0 Å². The van der Waals surface area contributed by atoms with Crippen LogP contribution in [0.25, 0.3) is 0 Å². The van der Waals surface area contributed by atoms with Crippen LogP contribution in [0, 0.1) is 6.92 Å². The van der Waals surface area contributed by atoms with Crippen LogP contribution in [0.1, 0.15) is 15.9 Å². The van der Waals surface area contributed by atoms with Crippen LogP contribution in [0.15, 0.2) is 54.6 Å². The van der Waals surface area contributed by atoms with E-state index in [0.717, 1.165) is 17.9 Å². The number of para-hydroxylation sites is 1. The van der Waals surface area contributed by atoms with Crippen LogP contribution >= 0.6 is 0 Å². The van der Waals surface area contributed by atoms with Crippen molar-refractivity contribution in [2.75, 3.05) is 59.7 Å². The van der Waals surface area contributed by atoms with Crippen molar-refractivity contribution < 1.29 is 24.1 Å². The number of hydrogen-bond donors (Lipinski definition) is 1. The molecule has 2 aromatic carbocycles. The largest absolute Gasteiger partial charge is 0.491 e. The highest BCUT2D eigenvalue weighted by atomic mass is 16.5. The smallest absolute Gasteiger partial charge is 0.254 e. The maximum absolute atomic E-state index is 13.0. The molecular formula is C25H34N2O5. The maximum atomic E-state index is 13.0. The van der Waals surface area contributed by atoms with Crippen LogP contribution in [0.4, 0.5) is 0 Å². The van der Waals surface area contributed by atoms with Gasteiger partial charge in [-0.3, -0.25) is 9.69 Å². The van der Waals surface area contributed by atoms with Crippen molar-refractivity contribution in [1.82, 2.24) is 9.80 Å². The Morgan fingerprint density at radius 1 is 1.22 bits per heavy atom. The molecule has 0 radical (unpaired) electrons.